The molecule has 0 aromatic heterocycles. The molecule has 0 unspecified atom stereocenters. The van der Waals surface area contributed by atoms with Crippen molar-refractivity contribution in [1.82, 2.24) is 0 Å². The zero-order valence-electron chi connectivity index (χ0n) is 10.2. The Bertz CT molecular complexity index is 573. The summed E-state index contributed by atoms with van der Waals surface area (Å²) in [5, 5.41) is 0. The van der Waals surface area contributed by atoms with Gasteiger partial charge in [-0.1, -0.05) is 67.1 Å². The third-order valence-corrected chi connectivity index (χ3v) is 3.39. The fourth-order valence-electron chi connectivity index (χ4n) is 2.37. The summed E-state index contributed by atoms with van der Waals surface area (Å²) in [6.45, 7) is 4.29. The number of allylic oxidation sites excluding steroid dienone is 1. The predicted octanol–water partition coefficient (Wildman–Crippen LogP) is 4.63. The summed E-state index contributed by atoms with van der Waals surface area (Å²) in [7, 11) is 0. The van der Waals surface area contributed by atoms with Gasteiger partial charge >= 0.3 is 0 Å². The molecule has 0 spiro atoms. The minimum Gasteiger partial charge on any atom is -0.0724 e. The fraction of sp³-hybridized carbons (Fsp3) is 0.118. The summed E-state index contributed by atoms with van der Waals surface area (Å²) in [4.78, 5) is 0. The van der Waals surface area contributed by atoms with Crippen molar-refractivity contribution in [3.8, 4) is 11.1 Å². The molecule has 0 heterocycles. The summed E-state index contributed by atoms with van der Waals surface area (Å²) in [5.41, 5.74) is 6.65. The van der Waals surface area contributed by atoms with E-state index in [9.17, 15) is 0 Å². The number of hydrogen-bond donors (Lipinski definition) is 0. The smallest absolute Gasteiger partial charge is 0.0242 e. The maximum Gasteiger partial charge on any atom is 0.0242 e. The third-order valence-electron chi connectivity index (χ3n) is 3.39. The zero-order chi connectivity index (χ0) is 11.8. The Labute approximate surface area is 103 Å². The SMILES string of the molecule is C[C]1C=Cc2c1cccc2-c1ccc(C)cc1. The number of fused-ring (bicyclic) bond motifs is 1. The number of benzene rings is 2. The van der Waals surface area contributed by atoms with Gasteiger partial charge in [-0.2, -0.15) is 0 Å². The summed E-state index contributed by atoms with van der Waals surface area (Å²) in [6.07, 6.45) is 4.42. The van der Waals surface area contributed by atoms with Crippen molar-refractivity contribution in [2.75, 3.05) is 0 Å². The number of hydrogen-bond acceptors (Lipinski definition) is 0. The highest BCUT2D eigenvalue weighted by molar-refractivity contribution is 5.82. The normalized spacial score (nSPS) is 14.0. The van der Waals surface area contributed by atoms with Gasteiger partial charge in [0.15, 0.2) is 0 Å². The Morgan fingerprint density at radius 3 is 2.18 bits per heavy atom. The average Bonchev–Trinajstić information content (AvgIpc) is 2.73. The highest BCUT2D eigenvalue weighted by Crippen LogP contribution is 2.35. The van der Waals surface area contributed by atoms with Crippen LogP contribution in [0.3, 0.4) is 0 Å². The van der Waals surface area contributed by atoms with E-state index in [4.69, 9.17) is 0 Å². The van der Waals surface area contributed by atoms with Gasteiger partial charge < -0.3 is 0 Å². The Balaban J connectivity index is 2.16. The van der Waals surface area contributed by atoms with Gasteiger partial charge in [-0.25, -0.2) is 0 Å². The Hall–Kier alpha value is -1.82. The van der Waals surface area contributed by atoms with E-state index in [1.54, 1.807) is 0 Å². The van der Waals surface area contributed by atoms with Gasteiger partial charge in [0.1, 0.15) is 0 Å². The third kappa shape index (κ3) is 1.70. The van der Waals surface area contributed by atoms with E-state index < -0.39 is 0 Å². The lowest BCUT2D eigenvalue weighted by atomic mass is 9.94. The van der Waals surface area contributed by atoms with Crippen LogP contribution in [0.2, 0.25) is 0 Å². The molecular formula is C17H15. The zero-order valence-corrected chi connectivity index (χ0v) is 10.2. The van der Waals surface area contributed by atoms with Crippen LogP contribution in [-0.4, -0.2) is 0 Å². The second-order valence-corrected chi connectivity index (χ2v) is 4.65. The van der Waals surface area contributed by atoms with E-state index in [0.29, 0.717) is 0 Å². The summed E-state index contributed by atoms with van der Waals surface area (Å²) < 4.78 is 0. The van der Waals surface area contributed by atoms with Crippen molar-refractivity contribution in [2.24, 2.45) is 0 Å². The van der Waals surface area contributed by atoms with Crippen molar-refractivity contribution >= 4 is 6.08 Å². The minimum atomic E-state index is 1.30. The molecule has 3 rings (SSSR count). The van der Waals surface area contributed by atoms with Crippen LogP contribution in [0.5, 0.6) is 0 Å². The molecule has 0 saturated heterocycles. The molecule has 0 amide bonds. The van der Waals surface area contributed by atoms with Crippen molar-refractivity contribution in [3.63, 3.8) is 0 Å². The summed E-state index contributed by atoms with van der Waals surface area (Å²) in [6, 6.07) is 15.3. The summed E-state index contributed by atoms with van der Waals surface area (Å²) >= 11 is 0. The van der Waals surface area contributed by atoms with Gasteiger partial charge in [-0.15, -0.1) is 0 Å². The first-order valence-corrected chi connectivity index (χ1v) is 5.98. The first kappa shape index (κ1) is 10.3. The first-order chi connectivity index (χ1) is 8.25. The monoisotopic (exact) mass is 219 g/mol. The predicted molar refractivity (Wildman–Crippen MR) is 73.7 cm³/mol. The van der Waals surface area contributed by atoms with Crippen LogP contribution in [0.4, 0.5) is 0 Å². The molecule has 1 radical (unpaired) electrons. The molecule has 2 aromatic carbocycles. The van der Waals surface area contributed by atoms with E-state index in [0.717, 1.165) is 0 Å². The van der Waals surface area contributed by atoms with Gasteiger partial charge in [-0.3, -0.25) is 0 Å². The van der Waals surface area contributed by atoms with Crippen molar-refractivity contribution in [3.05, 3.63) is 71.1 Å². The standard InChI is InChI=1S/C17H15/c1-12-6-9-14(10-7-12)16-5-3-4-15-13(2)8-11-17(15)16/h3-11H,1-2H3. The molecule has 83 valence electrons. The van der Waals surface area contributed by atoms with Crippen molar-refractivity contribution in [2.45, 2.75) is 13.8 Å². The highest BCUT2D eigenvalue weighted by Gasteiger charge is 2.16. The Kier molecular flexibility index (Phi) is 2.36. The molecule has 1 aliphatic carbocycles. The van der Waals surface area contributed by atoms with E-state index in [-0.39, 0.29) is 0 Å². The van der Waals surface area contributed by atoms with E-state index >= 15 is 0 Å². The molecule has 0 aliphatic heterocycles. The van der Waals surface area contributed by atoms with E-state index in [1.807, 2.05) is 0 Å². The maximum absolute atomic E-state index is 2.22. The van der Waals surface area contributed by atoms with Crippen LogP contribution in [0, 0.1) is 12.8 Å². The van der Waals surface area contributed by atoms with Crippen LogP contribution in [-0.2, 0) is 0 Å². The molecule has 0 atom stereocenters. The van der Waals surface area contributed by atoms with Gasteiger partial charge in [0, 0.05) is 5.92 Å². The second kappa shape index (κ2) is 3.89. The molecule has 17 heavy (non-hydrogen) atoms. The summed E-state index contributed by atoms with van der Waals surface area (Å²) in [5.74, 6) is 1.36. The first-order valence-electron chi connectivity index (χ1n) is 5.98. The van der Waals surface area contributed by atoms with Gasteiger partial charge in [0.2, 0.25) is 0 Å². The Morgan fingerprint density at radius 1 is 0.706 bits per heavy atom. The molecule has 0 nitrogen and oxygen atoms in total. The minimum absolute atomic E-state index is 1.30. The van der Waals surface area contributed by atoms with Crippen molar-refractivity contribution < 1.29 is 0 Å². The van der Waals surface area contributed by atoms with Crippen LogP contribution in [0.1, 0.15) is 23.6 Å². The Morgan fingerprint density at radius 2 is 1.41 bits per heavy atom. The van der Waals surface area contributed by atoms with Crippen LogP contribution >= 0.6 is 0 Å². The lowest BCUT2D eigenvalue weighted by molar-refractivity contribution is 1.28. The van der Waals surface area contributed by atoms with Crippen LogP contribution in [0.15, 0.2) is 48.5 Å². The number of aryl methyl sites for hydroxylation is 1. The van der Waals surface area contributed by atoms with Crippen LogP contribution < -0.4 is 0 Å². The van der Waals surface area contributed by atoms with Gasteiger partial charge in [-0.05, 0) is 29.2 Å². The topological polar surface area (TPSA) is 0 Å². The van der Waals surface area contributed by atoms with E-state index in [2.05, 4.69) is 68.5 Å². The molecule has 0 saturated carbocycles. The second-order valence-electron chi connectivity index (χ2n) is 4.65. The molecule has 1 aliphatic rings. The van der Waals surface area contributed by atoms with E-state index in [1.165, 1.54) is 33.7 Å². The average molecular weight is 219 g/mol. The lowest BCUT2D eigenvalue weighted by Gasteiger charge is -2.10. The number of rotatable bonds is 1. The quantitative estimate of drug-likeness (QED) is 0.656. The van der Waals surface area contributed by atoms with Gasteiger partial charge in [0.05, 0.1) is 0 Å². The molecule has 0 fully saturated rings. The molecule has 0 heteroatoms. The fourth-order valence-corrected chi connectivity index (χ4v) is 2.37. The van der Waals surface area contributed by atoms with Gasteiger partial charge in [0.25, 0.3) is 0 Å². The molecule has 0 bridgehead atoms. The highest BCUT2D eigenvalue weighted by atomic mass is 14.2. The molecule has 0 N–H and O–H groups in total. The van der Waals surface area contributed by atoms with Crippen LogP contribution in [0.25, 0.3) is 17.2 Å². The maximum atomic E-state index is 2.22. The molecule has 2 aromatic rings. The van der Waals surface area contributed by atoms with Crippen molar-refractivity contribution in [1.29, 1.82) is 0 Å². The molecular weight excluding hydrogens is 204 g/mol. The lowest BCUT2D eigenvalue weighted by Crippen LogP contribution is -1.90. The largest absolute Gasteiger partial charge is 0.0724 e.